The molecule has 0 bridgehead atoms. The van der Waals surface area contributed by atoms with E-state index in [1.165, 1.54) is 0 Å². The van der Waals surface area contributed by atoms with E-state index in [9.17, 15) is 8.42 Å². The normalized spacial score (nSPS) is 13.0. The van der Waals surface area contributed by atoms with E-state index in [1.54, 1.807) is 0 Å². The van der Waals surface area contributed by atoms with Crippen LogP contribution >= 0.6 is 0 Å². The van der Waals surface area contributed by atoms with Crippen molar-refractivity contribution in [2.45, 2.75) is 19.3 Å². The molecular weight excluding hydrogens is 240 g/mol. The molecule has 0 atom stereocenters. The van der Waals surface area contributed by atoms with E-state index in [1.807, 2.05) is 0 Å². The Morgan fingerprint density at radius 3 is 1.56 bits per heavy atom. The van der Waals surface area contributed by atoms with Gasteiger partial charge in [0.15, 0.2) is 0 Å². The maximum absolute atomic E-state index is 10.4. The lowest BCUT2D eigenvalue weighted by molar-refractivity contribution is 0.0486. The summed E-state index contributed by atoms with van der Waals surface area (Å²) in [5.74, 6) is 0. The van der Waals surface area contributed by atoms with Crippen molar-refractivity contribution < 1.29 is 32.5 Å². The molecule has 0 fully saturated rings. The third kappa shape index (κ3) is 6.36. The van der Waals surface area contributed by atoms with Gasteiger partial charge in [-0.15, -0.1) is 0 Å². The van der Waals surface area contributed by atoms with Gasteiger partial charge in [-0.05, 0) is 19.3 Å². The van der Waals surface area contributed by atoms with Gasteiger partial charge < -0.3 is 15.3 Å². The molecule has 16 heavy (non-hydrogen) atoms. The van der Waals surface area contributed by atoms with Crippen LogP contribution in [0.3, 0.4) is 0 Å². The maximum atomic E-state index is 10.4. The first-order valence-electron chi connectivity index (χ1n) is 4.83. The van der Waals surface area contributed by atoms with Gasteiger partial charge in [-0.3, -0.25) is 4.55 Å². The number of aliphatic hydroxyl groups excluding tert-OH is 3. The topological polar surface area (TPSA) is 124 Å². The summed E-state index contributed by atoms with van der Waals surface area (Å²) in [4.78, 5) is 0. The van der Waals surface area contributed by atoms with Crippen LogP contribution in [0.2, 0.25) is 0 Å². The van der Waals surface area contributed by atoms with Crippen LogP contribution in [0.15, 0.2) is 0 Å². The van der Waals surface area contributed by atoms with Gasteiger partial charge in [0.1, 0.15) is 0 Å². The highest BCUT2D eigenvalue weighted by atomic mass is 32.3. The van der Waals surface area contributed by atoms with E-state index >= 15 is 0 Å². The Labute approximate surface area is 94.6 Å². The molecule has 0 saturated heterocycles. The zero-order valence-electron chi connectivity index (χ0n) is 8.87. The molecule has 98 valence electrons. The van der Waals surface area contributed by atoms with Crippen molar-refractivity contribution >= 4 is 10.4 Å². The van der Waals surface area contributed by atoms with Gasteiger partial charge in [0.05, 0.1) is 6.61 Å². The van der Waals surface area contributed by atoms with Gasteiger partial charge in [-0.1, -0.05) is 0 Å². The van der Waals surface area contributed by atoms with Crippen molar-refractivity contribution in [2.24, 2.45) is 5.41 Å². The maximum Gasteiger partial charge on any atom is 0.397 e. The highest BCUT2D eigenvalue weighted by Gasteiger charge is 2.31. The molecule has 8 heteroatoms. The van der Waals surface area contributed by atoms with Gasteiger partial charge in [0, 0.05) is 25.2 Å². The van der Waals surface area contributed by atoms with Crippen LogP contribution in [-0.4, -0.2) is 54.7 Å². The van der Waals surface area contributed by atoms with E-state index in [0.29, 0.717) is 0 Å². The fourth-order valence-corrected chi connectivity index (χ4v) is 1.90. The zero-order chi connectivity index (χ0) is 12.7. The van der Waals surface area contributed by atoms with Crippen molar-refractivity contribution in [3.8, 4) is 0 Å². The van der Waals surface area contributed by atoms with Crippen molar-refractivity contribution in [1.29, 1.82) is 0 Å². The number of aliphatic hydroxyl groups is 3. The average Bonchev–Trinajstić information content (AvgIpc) is 2.15. The summed E-state index contributed by atoms with van der Waals surface area (Å²) >= 11 is 0. The SMILES string of the molecule is O=S(=O)(O)OCC(CCO)(CCO)CCO. The van der Waals surface area contributed by atoms with Crippen LogP contribution in [0.25, 0.3) is 0 Å². The second-order valence-corrected chi connectivity index (χ2v) is 4.70. The van der Waals surface area contributed by atoms with E-state index < -0.39 is 15.8 Å². The van der Waals surface area contributed by atoms with Crippen LogP contribution < -0.4 is 0 Å². The Morgan fingerprint density at radius 2 is 1.31 bits per heavy atom. The van der Waals surface area contributed by atoms with Crippen LogP contribution in [0.4, 0.5) is 0 Å². The molecule has 0 radical (unpaired) electrons. The quantitative estimate of drug-likeness (QED) is 0.388. The molecule has 4 N–H and O–H groups in total. The molecular formula is C8H18O7S. The lowest BCUT2D eigenvalue weighted by atomic mass is 9.79. The highest BCUT2D eigenvalue weighted by Crippen LogP contribution is 2.31. The van der Waals surface area contributed by atoms with Crippen LogP contribution in [0.5, 0.6) is 0 Å². The van der Waals surface area contributed by atoms with E-state index in [0.717, 1.165) is 0 Å². The first kappa shape index (κ1) is 15.8. The van der Waals surface area contributed by atoms with Crippen molar-refractivity contribution in [2.75, 3.05) is 26.4 Å². The summed E-state index contributed by atoms with van der Waals surface area (Å²) in [7, 11) is -4.56. The third-order valence-corrected chi connectivity index (χ3v) is 2.86. The molecule has 0 heterocycles. The van der Waals surface area contributed by atoms with Crippen molar-refractivity contribution in [3.63, 3.8) is 0 Å². The minimum atomic E-state index is -4.56. The molecule has 0 saturated carbocycles. The molecule has 0 aromatic rings. The summed E-state index contributed by atoms with van der Waals surface area (Å²) in [5, 5.41) is 26.6. The van der Waals surface area contributed by atoms with Crippen molar-refractivity contribution in [3.05, 3.63) is 0 Å². The lowest BCUT2D eigenvalue weighted by Gasteiger charge is -2.31. The number of hydrogen-bond acceptors (Lipinski definition) is 6. The summed E-state index contributed by atoms with van der Waals surface area (Å²) < 4.78 is 33.6. The molecule has 0 unspecified atom stereocenters. The smallest absolute Gasteiger partial charge is 0.396 e. The first-order chi connectivity index (χ1) is 7.39. The molecule has 0 amide bonds. The van der Waals surface area contributed by atoms with Gasteiger partial charge in [-0.25, -0.2) is 4.18 Å². The Bertz CT molecular complexity index is 257. The standard InChI is InChI=1S/C8H18O7S/c9-4-1-8(2-5-10,3-6-11)7-15-16(12,13)14/h9-11H,1-7H2,(H,12,13,14). The second-order valence-electron chi connectivity index (χ2n) is 3.61. The highest BCUT2D eigenvalue weighted by molar-refractivity contribution is 7.80. The van der Waals surface area contributed by atoms with Crippen LogP contribution in [0, 0.1) is 5.41 Å². The summed E-state index contributed by atoms with van der Waals surface area (Å²) in [6.45, 7) is -1.06. The zero-order valence-corrected chi connectivity index (χ0v) is 9.69. The third-order valence-electron chi connectivity index (χ3n) is 2.44. The van der Waals surface area contributed by atoms with E-state index in [4.69, 9.17) is 19.9 Å². The van der Waals surface area contributed by atoms with Crippen molar-refractivity contribution in [1.82, 2.24) is 0 Å². The fraction of sp³-hybridized carbons (Fsp3) is 1.00. The van der Waals surface area contributed by atoms with Crippen LogP contribution in [0.1, 0.15) is 19.3 Å². The fourth-order valence-electron chi connectivity index (χ4n) is 1.50. The molecule has 0 aliphatic carbocycles. The summed E-state index contributed by atoms with van der Waals surface area (Å²) in [6.07, 6.45) is 0.511. The molecule has 0 aromatic heterocycles. The van der Waals surface area contributed by atoms with Gasteiger partial charge in [-0.2, -0.15) is 8.42 Å². The van der Waals surface area contributed by atoms with Gasteiger partial charge in [0.2, 0.25) is 0 Å². The van der Waals surface area contributed by atoms with Crippen LogP contribution in [-0.2, 0) is 14.6 Å². The number of hydrogen-bond donors (Lipinski definition) is 4. The summed E-state index contributed by atoms with van der Waals surface area (Å²) in [6, 6.07) is 0. The summed E-state index contributed by atoms with van der Waals surface area (Å²) in [5.41, 5.74) is -0.853. The molecule has 0 rings (SSSR count). The number of rotatable bonds is 9. The largest absolute Gasteiger partial charge is 0.397 e. The van der Waals surface area contributed by atoms with Gasteiger partial charge in [0.25, 0.3) is 0 Å². The first-order valence-corrected chi connectivity index (χ1v) is 6.20. The Kier molecular flexibility index (Phi) is 7.04. The molecule has 0 aliphatic heterocycles. The predicted octanol–water partition coefficient (Wildman–Crippen LogP) is -1.06. The molecule has 0 aromatic carbocycles. The Balaban J connectivity index is 4.58. The predicted molar refractivity (Wildman–Crippen MR) is 55.0 cm³/mol. The monoisotopic (exact) mass is 258 g/mol. The average molecular weight is 258 g/mol. The van der Waals surface area contributed by atoms with E-state index in [2.05, 4.69) is 4.18 Å². The lowest BCUT2D eigenvalue weighted by Crippen LogP contribution is -2.32. The molecule has 0 aliphatic rings. The second kappa shape index (κ2) is 7.15. The van der Waals surface area contributed by atoms with E-state index in [-0.39, 0.29) is 45.7 Å². The minimum absolute atomic E-state index is 0.170. The van der Waals surface area contributed by atoms with Gasteiger partial charge >= 0.3 is 10.4 Å². The minimum Gasteiger partial charge on any atom is -0.396 e. The molecule has 0 spiro atoms. The Hall–Kier alpha value is -0.250. The molecule has 7 nitrogen and oxygen atoms in total. The Morgan fingerprint density at radius 1 is 0.938 bits per heavy atom.